The van der Waals surface area contributed by atoms with E-state index >= 15 is 0 Å². The van der Waals surface area contributed by atoms with Crippen LogP contribution in [0, 0.1) is 5.92 Å². The maximum Gasteiger partial charge on any atom is 0.0469 e. The van der Waals surface area contributed by atoms with Crippen LogP contribution in [-0.2, 0) is 6.42 Å². The third kappa shape index (κ3) is 2.68. The third-order valence-electron chi connectivity index (χ3n) is 4.02. The Balaban J connectivity index is 2.09. The molecule has 0 saturated heterocycles. The second-order valence-electron chi connectivity index (χ2n) is 5.66. The molecule has 0 spiro atoms. The molecule has 0 aromatic carbocycles. The summed E-state index contributed by atoms with van der Waals surface area (Å²) in [4.78, 5) is 4.60. The molecule has 0 saturated carbocycles. The topological polar surface area (TPSA) is 24.9 Å². The Bertz CT molecular complexity index is 373. The monoisotopic (exact) mass is 232 g/mol. The third-order valence-corrected chi connectivity index (χ3v) is 4.02. The van der Waals surface area contributed by atoms with Crippen LogP contribution in [0.4, 0.5) is 0 Å². The lowest BCUT2D eigenvalue weighted by atomic mass is 9.86. The van der Waals surface area contributed by atoms with Gasteiger partial charge in [0.1, 0.15) is 0 Å². The van der Waals surface area contributed by atoms with Gasteiger partial charge in [0, 0.05) is 29.9 Å². The Kier molecular flexibility index (Phi) is 3.82. The molecule has 1 N–H and O–H groups in total. The highest BCUT2D eigenvalue weighted by Crippen LogP contribution is 2.37. The molecule has 3 atom stereocenters. The van der Waals surface area contributed by atoms with Crippen molar-refractivity contribution in [3.63, 3.8) is 0 Å². The van der Waals surface area contributed by atoms with Gasteiger partial charge in [-0.05, 0) is 37.3 Å². The van der Waals surface area contributed by atoms with Crippen molar-refractivity contribution in [1.29, 1.82) is 0 Å². The van der Waals surface area contributed by atoms with Crippen molar-refractivity contribution in [3.05, 3.63) is 29.6 Å². The van der Waals surface area contributed by atoms with Gasteiger partial charge < -0.3 is 5.32 Å². The van der Waals surface area contributed by atoms with Gasteiger partial charge in [-0.1, -0.05) is 26.8 Å². The molecule has 94 valence electrons. The number of aryl methyl sites for hydroxylation is 1. The van der Waals surface area contributed by atoms with Crippen LogP contribution in [0.25, 0.3) is 0 Å². The first-order valence-electron chi connectivity index (χ1n) is 6.79. The fourth-order valence-corrected chi connectivity index (χ4v) is 2.98. The molecule has 2 nitrogen and oxygen atoms in total. The van der Waals surface area contributed by atoms with Gasteiger partial charge in [-0.2, -0.15) is 0 Å². The Morgan fingerprint density at radius 3 is 2.76 bits per heavy atom. The predicted molar refractivity (Wildman–Crippen MR) is 72.2 cm³/mol. The van der Waals surface area contributed by atoms with E-state index in [9.17, 15) is 0 Å². The first-order chi connectivity index (χ1) is 8.09. The van der Waals surface area contributed by atoms with Gasteiger partial charge in [0.25, 0.3) is 0 Å². The second kappa shape index (κ2) is 5.18. The average Bonchev–Trinajstić information content (AvgIpc) is 2.70. The molecule has 3 unspecified atom stereocenters. The van der Waals surface area contributed by atoms with Gasteiger partial charge in [-0.15, -0.1) is 0 Å². The van der Waals surface area contributed by atoms with Crippen LogP contribution < -0.4 is 5.32 Å². The van der Waals surface area contributed by atoms with E-state index in [2.05, 4.69) is 50.1 Å². The molecule has 0 amide bonds. The average molecular weight is 232 g/mol. The van der Waals surface area contributed by atoms with Crippen molar-refractivity contribution < 1.29 is 0 Å². The van der Waals surface area contributed by atoms with Crippen LogP contribution >= 0.6 is 0 Å². The zero-order valence-corrected chi connectivity index (χ0v) is 11.4. The van der Waals surface area contributed by atoms with Gasteiger partial charge in [0.2, 0.25) is 0 Å². The smallest absolute Gasteiger partial charge is 0.0469 e. The van der Waals surface area contributed by atoms with E-state index in [1.165, 1.54) is 24.1 Å². The Morgan fingerprint density at radius 1 is 1.29 bits per heavy atom. The minimum absolute atomic E-state index is 0.549. The summed E-state index contributed by atoms with van der Waals surface area (Å²) in [5.41, 5.74) is 2.80. The van der Waals surface area contributed by atoms with Crippen LogP contribution in [0.2, 0.25) is 0 Å². The maximum absolute atomic E-state index is 4.60. The maximum atomic E-state index is 4.60. The predicted octanol–water partition coefficient (Wildman–Crippen LogP) is 3.13. The minimum Gasteiger partial charge on any atom is -0.312 e. The first kappa shape index (κ1) is 12.6. The highest BCUT2D eigenvalue weighted by molar-refractivity contribution is 5.29. The van der Waals surface area contributed by atoms with E-state index in [-0.39, 0.29) is 0 Å². The van der Waals surface area contributed by atoms with Crippen LogP contribution in [0.1, 0.15) is 51.3 Å². The lowest BCUT2D eigenvalue weighted by Gasteiger charge is -2.28. The number of fused-ring (bicyclic) bond motifs is 1. The highest BCUT2D eigenvalue weighted by Gasteiger charge is 2.31. The molecule has 1 aliphatic carbocycles. The molecule has 0 fully saturated rings. The normalized spacial score (nSPS) is 22.5. The highest BCUT2D eigenvalue weighted by atomic mass is 14.9. The number of pyridine rings is 1. The van der Waals surface area contributed by atoms with Crippen LogP contribution in [-0.4, -0.2) is 17.1 Å². The van der Waals surface area contributed by atoms with E-state index in [0.717, 1.165) is 0 Å². The van der Waals surface area contributed by atoms with Crippen molar-refractivity contribution >= 4 is 0 Å². The van der Waals surface area contributed by atoms with Gasteiger partial charge in [-0.3, -0.25) is 4.98 Å². The Hall–Kier alpha value is -0.890. The van der Waals surface area contributed by atoms with Crippen molar-refractivity contribution in [1.82, 2.24) is 10.3 Å². The van der Waals surface area contributed by atoms with E-state index in [0.29, 0.717) is 23.9 Å². The zero-order chi connectivity index (χ0) is 12.4. The molecule has 1 aliphatic rings. The van der Waals surface area contributed by atoms with Crippen molar-refractivity contribution in [3.8, 4) is 0 Å². The number of aromatic nitrogens is 1. The van der Waals surface area contributed by atoms with Gasteiger partial charge in [0.15, 0.2) is 0 Å². The lowest BCUT2D eigenvalue weighted by Crippen LogP contribution is -2.39. The molecule has 0 aliphatic heterocycles. The standard InChI is InChI=1S/C15H24N2/c1-10(2)17-12(4)11(3)14-8-7-13-6-5-9-16-15(13)14/h5-6,9-12,14,17H,7-8H2,1-4H3. The van der Waals surface area contributed by atoms with Crippen molar-refractivity contribution in [2.45, 2.75) is 58.5 Å². The minimum atomic E-state index is 0.549. The summed E-state index contributed by atoms with van der Waals surface area (Å²) in [5.74, 6) is 1.28. The Morgan fingerprint density at radius 2 is 2.06 bits per heavy atom. The van der Waals surface area contributed by atoms with Crippen molar-refractivity contribution in [2.75, 3.05) is 0 Å². The summed E-state index contributed by atoms with van der Waals surface area (Å²) in [6.45, 7) is 9.08. The van der Waals surface area contributed by atoms with Gasteiger partial charge >= 0.3 is 0 Å². The molecular formula is C15H24N2. The second-order valence-corrected chi connectivity index (χ2v) is 5.66. The molecule has 1 aromatic rings. The van der Waals surface area contributed by atoms with Crippen LogP contribution in [0.5, 0.6) is 0 Å². The SMILES string of the molecule is CC(C)NC(C)C(C)C1CCc2cccnc21. The first-order valence-corrected chi connectivity index (χ1v) is 6.79. The molecule has 2 rings (SSSR count). The van der Waals surface area contributed by atoms with Crippen LogP contribution in [0.3, 0.4) is 0 Å². The molecular weight excluding hydrogens is 208 g/mol. The van der Waals surface area contributed by atoms with Crippen molar-refractivity contribution in [2.24, 2.45) is 5.92 Å². The summed E-state index contributed by atoms with van der Waals surface area (Å²) in [5, 5.41) is 3.62. The number of nitrogens with zero attached hydrogens (tertiary/aromatic N) is 1. The quantitative estimate of drug-likeness (QED) is 0.862. The molecule has 2 heteroatoms. The summed E-state index contributed by atoms with van der Waals surface area (Å²) < 4.78 is 0. The fraction of sp³-hybridized carbons (Fsp3) is 0.667. The van der Waals surface area contributed by atoms with E-state index in [1.807, 2.05) is 6.20 Å². The molecule has 1 heterocycles. The molecule has 17 heavy (non-hydrogen) atoms. The van der Waals surface area contributed by atoms with Gasteiger partial charge in [-0.25, -0.2) is 0 Å². The Labute approximate surface area is 105 Å². The lowest BCUT2D eigenvalue weighted by molar-refractivity contribution is 0.320. The molecule has 1 aromatic heterocycles. The zero-order valence-electron chi connectivity index (χ0n) is 11.4. The number of hydrogen-bond acceptors (Lipinski definition) is 2. The van der Waals surface area contributed by atoms with E-state index in [1.54, 1.807) is 0 Å². The molecule has 0 radical (unpaired) electrons. The van der Waals surface area contributed by atoms with Gasteiger partial charge in [0.05, 0.1) is 0 Å². The number of rotatable bonds is 4. The molecule has 0 bridgehead atoms. The summed E-state index contributed by atoms with van der Waals surface area (Å²) in [6.07, 6.45) is 4.40. The number of hydrogen-bond donors (Lipinski definition) is 1. The van der Waals surface area contributed by atoms with Crippen LogP contribution in [0.15, 0.2) is 18.3 Å². The largest absolute Gasteiger partial charge is 0.312 e. The summed E-state index contributed by atoms with van der Waals surface area (Å²) in [6, 6.07) is 5.39. The van der Waals surface area contributed by atoms with E-state index < -0.39 is 0 Å². The fourth-order valence-electron chi connectivity index (χ4n) is 2.98. The summed E-state index contributed by atoms with van der Waals surface area (Å²) in [7, 11) is 0. The summed E-state index contributed by atoms with van der Waals surface area (Å²) >= 11 is 0. The number of nitrogens with one attached hydrogen (secondary N) is 1. The van der Waals surface area contributed by atoms with E-state index in [4.69, 9.17) is 0 Å².